The van der Waals surface area contributed by atoms with E-state index in [9.17, 15) is 9.50 Å². The van der Waals surface area contributed by atoms with Gasteiger partial charge in [0.15, 0.2) is 0 Å². The highest BCUT2D eigenvalue weighted by Crippen LogP contribution is 2.31. The van der Waals surface area contributed by atoms with E-state index in [1.165, 1.54) is 12.1 Å². The van der Waals surface area contributed by atoms with E-state index in [1.807, 2.05) is 24.0 Å². The maximum atomic E-state index is 13.3. The van der Waals surface area contributed by atoms with Crippen molar-refractivity contribution in [2.75, 3.05) is 11.4 Å². The quantitative estimate of drug-likeness (QED) is 0.884. The SMILES string of the molecule is CCN(c1cccc(F)c1)c1ccc(C(C)O)c(Cl)c1. The van der Waals surface area contributed by atoms with Crippen molar-refractivity contribution < 1.29 is 9.50 Å². The van der Waals surface area contributed by atoms with Gasteiger partial charge in [0.05, 0.1) is 6.10 Å². The third-order valence-corrected chi connectivity index (χ3v) is 3.51. The molecule has 106 valence electrons. The summed E-state index contributed by atoms with van der Waals surface area (Å²) in [4.78, 5) is 1.96. The molecule has 1 unspecified atom stereocenters. The fourth-order valence-corrected chi connectivity index (χ4v) is 2.51. The first-order chi connectivity index (χ1) is 9.52. The molecule has 0 spiro atoms. The first kappa shape index (κ1) is 14.8. The standard InChI is InChI=1S/C16H17ClFNO/c1-3-19(13-6-4-5-12(18)9-13)14-7-8-15(11(2)20)16(17)10-14/h4-11,20H,3H2,1-2H3. The largest absolute Gasteiger partial charge is 0.389 e. The van der Waals surface area contributed by atoms with Gasteiger partial charge in [-0.2, -0.15) is 0 Å². The molecule has 2 aromatic rings. The average Bonchev–Trinajstić information content (AvgIpc) is 2.39. The van der Waals surface area contributed by atoms with Crippen LogP contribution in [0.4, 0.5) is 15.8 Å². The van der Waals surface area contributed by atoms with Gasteiger partial charge in [0.1, 0.15) is 5.82 Å². The first-order valence-corrected chi connectivity index (χ1v) is 6.91. The van der Waals surface area contributed by atoms with E-state index in [0.29, 0.717) is 17.1 Å². The number of hydrogen-bond acceptors (Lipinski definition) is 2. The minimum atomic E-state index is -0.610. The molecule has 0 fully saturated rings. The molecular formula is C16H17ClFNO. The van der Waals surface area contributed by atoms with E-state index in [2.05, 4.69) is 0 Å². The Labute approximate surface area is 123 Å². The number of nitrogens with zero attached hydrogens (tertiary/aromatic N) is 1. The summed E-state index contributed by atoms with van der Waals surface area (Å²) in [6, 6.07) is 11.9. The summed E-state index contributed by atoms with van der Waals surface area (Å²) in [7, 11) is 0. The van der Waals surface area contributed by atoms with E-state index >= 15 is 0 Å². The second-order valence-electron chi connectivity index (χ2n) is 4.61. The Morgan fingerprint density at radius 3 is 2.45 bits per heavy atom. The van der Waals surface area contributed by atoms with E-state index in [1.54, 1.807) is 25.1 Å². The highest BCUT2D eigenvalue weighted by atomic mass is 35.5. The van der Waals surface area contributed by atoms with Crippen molar-refractivity contribution >= 4 is 23.0 Å². The molecule has 0 aliphatic heterocycles. The van der Waals surface area contributed by atoms with Gasteiger partial charge in [-0.25, -0.2) is 4.39 Å². The van der Waals surface area contributed by atoms with E-state index < -0.39 is 6.10 Å². The number of aliphatic hydroxyl groups excluding tert-OH is 1. The highest BCUT2D eigenvalue weighted by molar-refractivity contribution is 6.31. The lowest BCUT2D eigenvalue weighted by Gasteiger charge is -2.24. The van der Waals surface area contributed by atoms with Gasteiger partial charge >= 0.3 is 0 Å². The van der Waals surface area contributed by atoms with Crippen LogP contribution in [0.5, 0.6) is 0 Å². The molecule has 0 amide bonds. The van der Waals surface area contributed by atoms with Crippen LogP contribution >= 0.6 is 11.6 Å². The van der Waals surface area contributed by atoms with Crippen molar-refractivity contribution in [2.24, 2.45) is 0 Å². The monoisotopic (exact) mass is 293 g/mol. The summed E-state index contributed by atoms with van der Waals surface area (Å²) >= 11 is 6.18. The number of rotatable bonds is 4. The smallest absolute Gasteiger partial charge is 0.125 e. The molecule has 2 rings (SSSR count). The van der Waals surface area contributed by atoms with Crippen LogP contribution in [0.1, 0.15) is 25.5 Å². The fraction of sp³-hybridized carbons (Fsp3) is 0.250. The molecule has 0 aliphatic rings. The molecule has 0 saturated heterocycles. The zero-order valence-electron chi connectivity index (χ0n) is 11.5. The third-order valence-electron chi connectivity index (χ3n) is 3.18. The van der Waals surface area contributed by atoms with Gasteiger partial charge in [-0.15, -0.1) is 0 Å². The predicted molar refractivity (Wildman–Crippen MR) is 81.2 cm³/mol. The predicted octanol–water partition coefficient (Wildman–Crippen LogP) is 4.69. The van der Waals surface area contributed by atoms with Gasteiger partial charge in [0, 0.05) is 22.9 Å². The van der Waals surface area contributed by atoms with Gasteiger partial charge in [-0.05, 0) is 49.7 Å². The zero-order chi connectivity index (χ0) is 14.7. The Kier molecular flexibility index (Phi) is 4.63. The van der Waals surface area contributed by atoms with Crippen LogP contribution in [0, 0.1) is 5.82 Å². The molecule has 2 nitrogen and oxygen atoms in total. The topological polar surface area (TPSA) is 23.5 Å². The summed E-state index contributed by atoms with van der Waals surface area (Å²) in [5, 5.41) is 10.1. The molecule has 20 heavy (non-hydrogen) atoms. The summed E-state index contributed by atoms with van der Waals surface area (Å²) in [5.41, 5.74) is 2.33. The number of halogens is 2. The molecule has 0 saturated carbocycles. The van der Waals surface area contributed by atoms with Crippen molar-refractivity contribution in [1.29, 1.82) is 0 Å². The Hall–Kier alpha value is -1.58. The maximum absolute atomic E-state index is 13.3. The number of hydrogen-bond donors (Lipinski definition) is 1. The third kappa shape index (κ3) is 3.11. The Morgan fingerprint density at radius 2 is 1.90 bits per heavy atom. The lowest BCUT2D eigenvalue weighted by Crippen LogP contribution is -2.16. The number of aliphatic hydroxyl groups is 1. The van der Waals surface area contributed by atoms with Crippen LogP contribution < -0.4 is 4.90 Å². The van der Waals surface area contributed by atoms with Crippen LogP contribution in [-0.4, -0.2) is 11.7 Å². The van der Waals surface area contributed by atoms with E-state index in [4.69, 9.17) is 11.6 Å². The Balaban J connectivity index is 2.40. The van der Waals surface area contributed by atoms with Crippen LogP contribution in [0.25, 0.3) is 0 Å². The Bertz CT molecular complexity index is 601. The average molecular weight is 294 g/mol. The van der Waals surface area contributed by atoms with Crippen molar-refractivity contribution in [1.82, 2.24) is 0 Å². The number of benzene rings is 2. The number of anilines is 2. The van der Waals surface area contributed by atoms with Gasteiger partial charge in [-0.1, -0.05) is 23.7 Å². The summed E-state index contributed by atoms with van der Waals surface area (Å²) < 4.78 is 13.3. The first-order valence-electron chi connectivity index (χ1n) is 6.53. The maximum Gasteiger partial charge on any atom is 0.125 e. The van der Waals surface area contributed by atoms with Crippen LogP contribution in [0.3, 0.4) is 0 Å². The molecular weight excluding hydrogens is 277 g/mol. The molecule has 0 bridgehead atoms. The van der Waals surface area contributed by atoms with Crippen molar-refractivity contribution in [3.8, 4) is 0 Å². The van der Waals surface area contributed by atoms with Gasteiger partial charge in [-0.3, -0.25) is 0 Å². The van der Waals surface area contributed by atoms with Crippen LogP contribution in [0.15, 0.2) is 42.5 Å². The molecule has 0 aromatic heterocycles. The molecule has 1 atom stereocenters. The Morgan fingerprint density at radius 1 is 1.20 bits per heavy atom. The van der Waals surface area contributed by atoms with Crippen LogP contribution in [0.2, 0.25) is 5.02 Å². The minimum absolute atomic E-state index is 0.271. The zero-order valence-corrected chi connectivity index (χ0v) is 12.2. The van der Waals surface area contributed by atoms with E-state index in [-0.39, 0.29) is 5.82 Å². The summed E-state index contributed by atoms with van der Waals surface area (Å²) in [6.07, 6.45) is -0.610. The molecule has 0 heterocycles. The van der Waals surface area contributed by atoms with Crippen LogP contribution in [-0.2, 0) is 0 Å². The molecule has 1 N–H and O–H groups in total. The van der Waals surface area contributed by atoms with Gasteiger partial charge < -0.3 is 10.0 Å². The van der Waals surface area contributed by atoms with Crippen molar-refractivity contribution in [3.63, 3.8) is 0 Å². The molecule has 0 radical (unpaired) electrons. The van der Waals surface area contributed by atoms with Gasteiger partial charge in [0.25, 0.3) is 0 Å². The lowest BCUT2D eigenvalue weighted by molar-refractivity contribution is 0.199. The molecule has 4 heteroatoms. The molecule has 0 aliphatic carbocycles. The minimum Gasteiger partial charge on any atom is -0.389 e. The fourth-order valence-electron chi connectivity index (χ4n) is 2.18. The second-order valence-corrected chi connectivity index (χ2v) is 5.01. The highest BCUT2D eigenvalue weighted by Gasteiger charge is 2.12. The molecule has 2 aromatic carbocycles. The van der Waals surface area contributed by atoms with Crippen molar-refractivity contribution in [3.05, 3.63) is 58.9 Å². The summed E-state index contributed by atoms with van der Waals surface area (Å²) in [5.74, 6) is -0.271. The normalized spacial score (nSPS) is 12.2. The second kappa shape index (κ2) is 6.25. The van der Waals surface area contributed by atoms with Gasteiger partial charge in [0.2, 0.25) is 0 Å². The lowest BCUT2D eigenvalue weighted by atomic mass is 10.1. The van der Waals surface area contributed by atoms with E-state index in [0.717, 1.165) is 11.4 Å². The van der Waals surface area contributed by atoms with Crippen molar-refractivity contribution in [2.45, 2.75) is 20.0 Å². The summed E-state index contributed by atoms with van der Waals surface area (Å²) in [6.45, 7) is 4.35.